The molecule has 13 heteroatoms. The zero-order valence-electron chi connectivity index (χ0n) is 25.7. The summed E-state index contributed by atoms with van der Waals surface area (Å²) in [6.45, 7) is 8.40. The lowest BCUT2D eigenvalue weighted by Gasteiger charge is -2.44. The van der Waals surface area contributed by atoms with Crippen LogP contribution in [0.3, 0.4) is 0 Å². The summed E-state index contributed by atoms with van der Waals surface area (Å²) < 4.78 is 33.9. The number of carboxylic acid groups (broad SMARTS) is 1. The molecule has 1 N–H and O–H groups in total. The van der Waals surface area contributed by atoms with Gasteiger partial charge in [0.1, 0.15) is 29.6 Å². The van der Waals surface area contributed by atoms with Crippen molar-refractivity contribution in [3.63, 3.8) is 0 Å². The number of carboxylic acids is 1. The van der Waals surface area contributed by atoms with Gasteiger partial charge in [0.05, 0.1) is 60.6 Å². The summed E-state index contributed by atoms with van der Waals surface area (Å²) in [7, 11) is 0. The Morgan fingerprint density at radius 1 is 1.09 bits per heavy atom. The Hall–Kier alpha value is -3.48. The monoisotopic (exact) mass is 671 g/mol. The molecule has 0 bridgehead atoms. The van der Waals surface area contributed by atoms with Crippen LogP contribution in [-0.4, -0.2) is 81.6 Å². The molecule has 2 aromatic heterocycles. The molecule has 0 spiro atoms. The van der Waals surface area contributed by atoms with Crippen LogP contribution in [0.15, 0.2) is 48.5 Å². The highest BCUT2D eigenvalue weighted by Crippen LogP contribution is 2.32. The predicted octanol–water partition coefficient (Wildman–Crippen LogP) is 6.06. The van der Waals surface area contributed by atoms with Gasteiger partial charge in [0.25, 0.3) is 0 Å². The summed E-state index contributed by atoms with van der Waals surface area (Å²) in [6, 6.07) is 13.3. The van der Waals surface area contributed by atoms with Crippen molar-refractivity contribution in [1.82, 2.24) is 19.4 Å². The van der Waals surface area contributed by atoms with Gasteiger partial charge in [0.2, 0.25) is 5.88 Å². The number of aromatic carboxylic acids is 1. The van der Waals surface area contributed by atoms with Gasteiger partial charge in [-0.15, -0.1) is 0 Å². The summed E-state index contributed by atoms with van der Waals surface area (Å²) in [5.74, 6) is 0.516. The van der Waals surface area contributed by atoms with E-state index in [0.29, 0.717) is 65.4 Å². The molecule has 4 aromatic rings. The molecule has 244 valence electrons. The van der Waals surface area contributed by atoms with Crippen molar-refractivity contribution in [1.29, 1.82) is 0 Å². The standard InChI is InChI=1S/C31H30Cl2FN5O5.C2H6/c32-20-5-4-18(23(34)12-20)15-44-29-3-1-2-27(35-29)38-8-7-37(25-16-42-17-26(25)38)14-28-36-30-22(33)10-19(31(40)41)11-24(30)39(28)13-21-6-9-43-21;1-2/h1-5,10-12,21,25-26H,6-9,13-17H2,(H,40,41);1-2H3. The first-order chi connectivity index (χ1) is 22.3. The Balaban J connectivity index is 0.00000182. The molecule has 10 nitrogen and oxygen atoms in total. The fourth-order valence-electron chi connectivity index (χ4n) is 6.15. The molecule has 5 heterocycles. The maximum atomic E-state index is 14.2. The topological polar surface area (TPSA) is 102 Å². The molecule has 3 unspecified atom stereocenters. The molecule has 0 amide bonds. The molecular formula is C33H36Cl2FN5O5. The molecule has 3 fully saturated rings. The number of anilines is 1. The SMILES string of the molecule is CC.O=C(O)c1cc(Cl)c2nc(CN3CCN(c4cccc(OCc5ccc(Cl)cc5F)n4)C4COCC43)n(CC3CCO3)c2c1. The maximum absolute atomic E-state index is 14.2. The minimum atomic E-state index is -1.04. The van der Waals surface area contributed by atoms with E-state index in [-0.39, 0.29) is 30.4 Å². The third-order valence-electron chi connectivity index (χ3n) is 8.57. The van der Waals surface area contributed by atoms with E-state index in [4.69, 9.17) is 47.4 Å². The quantitative estimate of drug-likeness (QED) is 0.228. The van der Waals surface area contributed by atoms with Crippen LogP contribution >= 0.6 is 23.2 Å². The third kappa shape index (κ3) is 6.65. The van der Waals surface area contributed by atoms with E-state index in [1.54, 1.807) is 24.3 Å². The average Bonchev–Trinajstić information content (AvgIpc) is 3.66. The Morgan fingerprint density at radius 3 is 2.63 bits per heavy atom. The van der Waals surface area contributed by atoms with E-state index in [2.05, 4.69) is 14.4 Å². The van der Waals surface area contributed by atoms with E-state index in [1.165, 1.54) is 12.1 Å². The summed E-state index contributed by atoms with van der Waals surface area (Å²) in [5.41, 5.74) is 1.80. The number of pyridine rings is 1. The minimum absolute atomic E-state index is 0.0350. The fraction of sp³-hybridized carbons (Fsp3) is 0.424. The zero-order chi connectivity index (χ0) is 32.4. The number of benzene rings is 2. The van der Waals surface area contributed by atoms with Gasteiger partial charge in [0, 0.05) is 36.3 Å². The van der Waals surface area contributed by atoms with Gasteiger partial charge in [-0.05, 0) is 36.8 Å². The van der Waals surface area contributed by atoms with Gasteiger partial charge in [-0.1, -0.05) is 49.2 Å². The number of fused-ring (bicyclic) bond motifs is 2. The van der Waals surface area contributed by atoms with Gasteiger partial charge in [-0.2, -0.15) is 4.98 Å². The minimum Gasteiger partial charge on any atom is -0.478 e. The lowest BCUT2D eigenvalue weighted by molar-refractivity contribution is -0.0592. The summed E-state index contributed by atoms with van der Waals surface area (Å²) >= 11 is 12.4. The predicted molar refractivity (Wildman–Crippen MR) is 174 cm³/mol. The van der Waals surface area contributed by atoms with E-state index >= 15 is 0 Å². The van der Waals surface area contributed by atoms with E-state index in [0.717, 1.165) is 31.2 Å². The van der Waals surface area contributed by atoms with Crippen LogP contribution in [0.25, 0.3) is 11.0 Å². The van der Waals surface area contributed by atoms with Crippen LogP contribution in [0.4, 0.5) is 10.2 Å². The smallest absolute Gasteiger partial charge is 0.335 e. The maximum Gasteiger partial charge on any atom is 0.335 e. The number of aromatic nitrogens is 3. The first-order valence-corrected chi connectivity index (χ1v) is 16.3. The van der Waals surface area contributed by atoms with Crippen molar-refractivity contribution in [3.8, 4) is 5.88 Å². The summed E-state index contributed by atoms with van der Waals surface area (Å²) in [5, 5.41) is 10.3. The van der Waals surface area contributed by atoms with E-state index in [9.17, 15) is 14.3 Å². The Morgan fingerprint density at radius 2 is 1.89 bits per heavy atom. The molecule has 2 aromatic carbocycles. The van der Waals surface area contributed by atoms with Crippen molar-refractivity contribution < 1.29 is 28.5 Å². The van der Waals surface area contributed by atoms with Crippen LogP contribution in [0, 0.1) is 5.82 Å². The molecule has 0 aliphatic carbocycles. The molecule has 0 saturated carbocycles. The molecule has 3 aliphatic rings. The van der Waals surface area contributed by atoms with Crippen molar-refractivity contribution >= 4 is 46.0 Å². The second-order valence-corrected chi connectivity index (χ2v) is 12.1. The summed E-state index contributed by atoms with van der Waals surface area (Å²) in [4.78, 5) is 26.0. The highest BCUT2D eigenvalue weighted by atomic mass is 35.5. The van der Waals surface area contributed by atoms with Crippen molar-refractivity contribution in [2.24, 2.45) is 0 Å². The number of rotatable bonds is 9. The summed E-state index contributed by atoms with van der Waals surface area (Å²) in [6.07, 6.45) is 0.988. The molecule has 46 heavy (non-hydrogen) atoms. The molecule has 3 atom stereocenters. The number of imidazole rings is 1. The number of carbonyl (C=O) groups is 1. The number of nitrogens with zero attached hydrogens (tertiary/aromatic N) is 5. The highest BCUT2D eigenvalue weighted by molar-refractivity contribution is 6.35. The average molecular weight is 673 g/mol. The van der Waals surface area contributed by atoms with Crippen molar-refractivity contribution in [3.05, 3.63) is 81.3 Å². The molecule has 3 aliphatic heterocycles. The Labute approximate surface area is 276 Å². The van der Waals surface area contributed by atoms with Gasteiger partial charge in [-0.3, -0.25) is 4.90 Å². The lowest BCUT2D eigenvalue weighted by atomic mass is 10.0. The molecule has 7 rings (SSSR count). The first kappa shape index (κ1) is 32.5. The van der Waals surface area contributed by atoms with Crippen LogP contribution in [0.1, 0.15) is 42.0 Å². The largest absolute Gasteiger partial charge is 0.478 e. The molecule has 0 radical (unpaired) electrons. The van der Waals surface area contributed by atoms with Crippen molar-refractivity contribution in [2.75, 3.05) is 37.8 Å². The van der Waals surface area contributed by atoms with Crippen LogP contribution in [0.2, 0.25) is 10.0 Å². The van der Waals surface area contributed by atoms with Gasteiger partial charge in [-0.25, -0.2) is 14.2 Å². The number of ether oxygens (including phenoxy) is 3. The van der Waals surface area contributed by atoms with Gasteiger partial charge >= 0.3 is 5.97 Å². The molecular weight excluding hydrogens is 636 g/mol. The van der Waals surface area contributed by atoms with Gasteiger partial charge < -0.3 is 28.8 Å². The lowest BCUT2D eigenvalue weighted by Crippen LogP contribution is -2.59. The van der Waals surface area contributed by atoms with Crippen molar-refractivity contribution in [2.45, 2.75) is 58.2 Å². The number of piperazine rings is 1. The zero-order valence-corrected chi connectivity index (χ0v) is 27.2. The fourth-order valence-corrected chi connectivity index (χ4v) is 6.57. The highest BCUT2D eigenvalue weighted by Gasteiger charge is 2.42. The normalized spacial score (nSPS) is 21.0. The Bertz CT molecular complexity index is 1720. The molecule has 3 saturated heterocycles. The van der Waals surface area contributed by atoms with Crippen LogP contribution in [-0.2, 0) is 29.2 Å². The first-order valence-electron chi connectivity index (χ1n) is 15.5. The van der Waals surface area contributed by atoms with Gasteiger partial charge in [0.15, 0.2) is 0 Å². The Kier molecular flexibility index (Phi) is 9.95. The number of hydrogen-bond donors (Lipinski definition) is 1. The van der Waals surface area contributed by atoms with Crippen LogP contribution in [0.5, 0.6) is 5.88 Å². The second kappa shape index (κ2) is 14.1. The second-order valence-electron chi connectivity index (χ2n) is 11.2. The third-order valence-corrected chi connectivity index (χ3v) is 9.09. The van der Waals surface area contributed by atoms with Crippen LogP contribution < -0.4 is 9.64 Å². The number of hydrogen-bond acceptors (Lipinski definition) is 8. The number of halogens is 3. The van der Waals surface area contributed by atoms with E-state index < -0.39 is 11.8 Å². The van der Waals surface area contributed by atoms with E-state index in [1.807, 2.05) is 26.0 Å².